The van der Waals surface area contributed by atoms with Crippen LogP contribution < -0.4 is 0 Å². The molecule has 9 heteroatoms. The van der Waals surface area contributed by atoms with E-state index in [0.29, 0.717) is 31.7 Å². The van der Waals surface area contributed by atoms with Crippen molar-refractivity contribution in [2.75, 3.05) is 26.2 Å². The molecule has 1 saturated heterocycles. The van der Waals surface area contributed by atoms with Crippen molar-refractivity contribution >= 4 is 27.3 Å². The number of thiophene rings is 1. The second-order valence-corrected chi connectivity index (χ2v) is 7.36. The summed E-state index contributed by atoms with van der Waals surface area (Å²) in [6.45, 7) is 1.38. The zero-order valence-electron chi connectivity index (χ0n) is 11.1. The highest BCUT2D eigenvalue weighted by Gasteiger charge is 2.30. The van der Waals surface area contributed by atoms with Crippen LogP contribution in [0.2, 0.25) is 0 Å². The molecule has 0 unspecified atom stereocenters. The van der Waals surface area contributed by atoms with Gasteiger partial charge in [-0.1, -0.05) is 0 Å². The fourth-order valence-corrected chi connectivity index (χ4v) is 4.19. The number of aromatic amines is 1. The number of rotatable bonds is 3. The molecule has 0 atom stereocenters. The first-order valence-electron chi connectivity index (χ1n) is 6.39. The van der Waals surface area contributed by atoms with Gasteiger partial charge in [0.05, 0.1) is 11.8 Å². The lowest BCUT2D eigenvalue weighted by Gasteiger charge is -2.33. The van der Waals surface area contributed by atoms with Crippen LogP contribution >= 0.6 is 11.3 Å². The molecule has 0 spiro atoms. The third-order valence-corrected chi connectivity index (χ3v) is 5.95. The number of H-pyrrole nitrogens is 1. The number of hydrogen-bond donors (Lipinski definition) is 1. The summed E-state index contributed by atoms with van der Waals surface area (Å²) in [6.07, 6.45) is 2.65. The van der Waals surface area contributed by atoms with Gasteiger partial charge in [0.15, 0.2) is 0 Å². The Morgan fingerprint density at radius 3 is 2.62 bits per heavy atom. The summed E-state index contributed by atoms with van der Waals surface area (Å²) in [5.74, 6) is -0.0448. The van der Waals surface area contributed by atoms with Gasteiger partial charge < -0.3 is 4.90 Å². The fraction of sp³-hybridized carbons (Fsp3) is 0.333. The normalized spacial score (nSPS) is 17.0. The van der Waals surface area contributed by atoms with Crippen molar-refractivity contribution in [3.05, 3.63) is 34.8 Å². The van der Waals surface area contributed by atoms with Gasteiger partial charge in [0.1, 0.15) is 4.90 Å². The number of carbonyl (C=O) groups is 1. The quantitative estimate of drug-likeness (QED) is 0.896. The molecule has 0 bridgehead atoms. The first-order valence-corrected chi connectivity index (χ1v) is 8.78. The van der Waals surface area contributed by atoms with Gasteiger partial charge in [-0.25, -0.2) is 8.42 Å². The summed E-state index contributed by atoms with van der Waals surface area (Å²) < 4.78 is 26.0. The summed E-state index contributed by atoms with van der Waals surface area (Å²) in [4.78, 5) is 14.0. The van der Waals surface area contributed by atoms with Crippen LogP contribution in [0.1, 0.15) is 10.4 Å². The summed E-state index contributed by atoms with van der Waals surface area (Å²) in [5, 5.41) is 9.82. The predicted molar refractivity (Wildman–Crippen MR) is 77.6 cm³/mol. The number of hydrogen-bond acceptors (Lipinski definition) is 5. The molecule has 2 aromatic heterocycles. The highest BCUT2D eigenvalue weighted by molar-refractivity contribution is 7.89. The number of amides is 1. The third-order valence-electron chi connectivity index (χ3n) is 3.40. The molecule has 0 aromatic carbocycles. The van der Waals surface area contributed by atoms with E-state index in [1.807, 2.05) is 5.38 Å². The topological polar surface area (TPSA) is 86.4 Å². The Morgan fingerprint density at radius 1 is 1.29 bits per heavy atom. The van der Waals surface area contributed by atoms with E-state index >= 15 is 0 Å². The van der Waals surface area contributed by atoms with E-state index in [0.717, 1.165) is 0 Å². The molecule has 0 radical (unpaired) electrons. The molecule has 1 aliphatic rings. The minimum Gasteiger partial charge on any atom is -0.336 e. The van der Waals surface area contributed by atoms with E-state index in [1.165, 1.54) is 28.0 Å². The Kier molecular flexibility index (Phi) is 3.79. The molecule has 1 N–H and O–H groups in total. The largest absolute Gasteiger partial charge is 0.336 e. The molecule has 1 aliphatic heterocycles. The molecule has 2 aromatic rings. The Bertz CT molecular complexity index is 702. The molecule has 0 saturated carbocycles. The van der Waals surface area contributed by atoms with E-state index in [1.54, 1.807) is 16.3 Å². The maximum atomic E-state index is 12.3. The van der Waals surface area contributed by atoms with E-state index in [2.05, 4.69) is 10.2 Å². The molecule has 3 rings (SSSR count). The fourth-order valence-electron chi connectivity index (χ4n) is 2.23. The highest BCUT2D eigenvalue weighted by atomic mass is 32.2. The van der Waals surface area contributed by atoms with Crippen molar-refractivity contribution in [2.45, 2.75) is 4.90 Å². The lowest BCUT2D eigenvalue weighted by Crippen LogP contribution is -2.50. The monoisotopic (exact) mass is 326 g/mol. The van der Waals surface area contributed by atoms with Gasteiger partial charge in [-0.15, -0.1) is 0 Å². The average molecular weight is 326 g/mol. The van der Waals surface area contributed by atoms with Crippen molar-refractivity contribution in [1.82, 2.24) is 19.4 Å². The zero-order valence-corrected chi connectivity index (χ0v) is 12.7. The Morgan fingerprint density at radius 2 is 2.05 bits per heavy atom. The molecular weight excluding hydrogens is 312 g/mol. The minimum atomic E-state index is -3.52. The number of nitrogens with zero attached hydrogens (tertiary/aromatic N) is 3. The van der Waals surface area contributed by atoms with Gasteiger partial charge in [-0.3, -0.25) is 9.89 Å². The van der Waals surface area contributed by atoms with Crippen LogP contribution in [-0.2, 0) is 10.0 Å². The lowest BCUT2D eigenvalue weighted by atomic mass is 10.2. The molecule has 7 nitrogen and oxygen atoms in total. The molecule has 21 heavy (non-hydrogen) atoms. The highest BCUT2D eigenvalue weighted by Crippen LogP contribution is 2.17. The lowest BCUT2D eigenvalue weighted by molar-refractivity contribution is 0.0698. The molecule has 0 aliphatic carbocycles. The van der Waals surface area contributed by atoms with Gasteiger partial charge in [0.2, 0.25) is 10.0 Å². The van der Waals surface area contributed by atoms with Crippen LogP contribution in [0.5, 0.6) is 0 Å². The molecule has 112 valence electrons. The van der Waals surface area contributed by atoms with Crippen LogP contribution in [-0.4, -0.2) is 59.9 Å². The third kappa shape index (κ3) is 2.71. The number of sulfonamides is 1. The molecule has 1 fully saturated rings. The van der Waals surface area contributed by atoms with Gasteiger partial charge in [-0.05, 0) is 11.4 Å². The summed E-state index contributed by atoms with van der Waals surface area (Å²) >= 11 is 1.47. The summed E-state index contributed by atoms with van der Waals surface area (Å²) in [5.41, 5.74) is 0.658. The Balaban J connectivity index is 1.67. The maximum Gasteiger partial charge on any atom is 0.254 e. The average Bonchev–Trinajstić information content (AvgIpc) is 3.19. The Hall–Kier alpha value is -1.71. The van der Waals surface area contributed by atoms with Crippen molar-refractivity contribution < 1.29 is 13.2 Å². The van der Waals surface area contributed by atoms with E-state index in [4.69, 9.17) is 0 Å². The zero-order chi connectivity index (χ0) is 14.9. The van der Waals surface area contributed by atoms with Crippen LogP contribution in [0.3, 0.4) is 0 Å². The molecule has 3 heterocycles. The van der Waals surface area contributed by atoms with Crippen molar-refractivity contribution in [3.63, 3.8) is 0 Å². The number of carbonyl (C=O) groups excluding carboxylic acids is 1. The van der Waals surface area contributed by atoms with Gasteiger partial charge in [0.25, 0.3) is 5.91 Å². The minimum absolute atomic E-state index is 0.0448. The van der Waals surface area contributed by atoms with E-state index in [-0.39, 0.29) is 10.8 Å². The van der Waals surface area contributed by atoms with Gasteiger partial charge in [0, 0.05) is 37.8 Å². The number of aromatic nitrogens is 2. The van der Waals surface area contributed by atoms with Crippen LogP contribution in [0.4, 0.5) is 0 Å². The van der Waals surface area contributed by atoms with Gasteiger partial charge >= 0.3 is 0 Å². The summed E-state index contributed by atoms with van der Waals surface area (Å²) in [7, 11) is -3.52. The van der Waals surface area contributed by atoms with E-state index < -0.39 is 10.0 Å². The summed E-state index contributed by atoms with van der Waals surface area (Å²) in [6, 6.07) is 1.78. The first kappa shape index (κ1) is 14.2. The van der Waals surface area contributed by atoms with Crippen LogP contribution in [0.15, 0.2) is 34.1 Å². The van der Waals surface area contributed by atoms with Crippen molar-refractivity contribution in [2.24, 2.45) is 0 Å². The maximum absolute atomic E-state index is 12.3. The number of piperazine rings is 1. The predicted octanol–water partition coefficient (Wildman–Crippen LogP) is 0.618. The van der Waals surface area contributed by atoms with Crippen LogP contribution in [0, 0.1) is 0 Å². The van der Waals surface area contributed by atoms with Crippen LogP contribution in [0.25, 0.3) is 0 Å². The first-order chi connectivity index (χ1) is 10.1. The standard InChI is InChI=1S/C12H14N4O3S2/c17-12(10-1-6-20-9-10)15-2-4-16(5-3-15)21(18,19)11-7-13-14-8-11/h1,6-9H,2-5H2,(H,13,14). The molecule has 1 amide bonds. The van der Waals surface area contributed by atoms with Gasteiger partial charge in [-0.2, -0.15) is 20.7 Å². The van der Waals surface area contributed by atoms with Crippen molar-refractivity contribution in [3.8, 4) is 0 Å². The SMILES string of the molecule is O=C(c1ccsc1)N1CCN(S(=O)(=O)c2cn[nH]c2)CC1. The van der Waals surface area contributed by atoms with Crippen molar-refractivity contribution in [1.29, 1.82) is 0 Å². The van der Waals surface area contributed by atoms with E-state index in [9.17, 15) is 13.2 Å². The smallest absolute Gasteiger partial charge is 0.254 e. The second kappa shape index (κ2) is 5.58. The Labute approximate surface area is 126 Å². The number of nitrogens with one attached hydrogen (secondary N) is 1. The molecular formula is C12H14N4O3S2. The second-order valence-electron chi connectivity index (χ2n) is 4.64.